The van der Waals surface area contributed by atoms with Crippen molar-refractivity contribution in [2.75, 3.05) is 31.6 Å². The van der Waals surface area contributed by atoms with Crippen LogP contribution in [0, 0.1) is 5.92 Å². The van der Waals surface area contributed by atoms with Gasteiger partial charge in [-0.1, -0.05) is 48.6 Å². The van der Waals surface area contributed by atoms with Crippen LogP contribution in [0.15, 0.2) is 24.3 Å². The third-order valence-electron chi connectivity index (χ3n) is 7.87. The molecule has 1 aromatic rings. The van der Waals surface area contributed by atoms with Gasteiger partial charge in [0.2, 0.25) is 29.5 Å². The molecular weight excluding hydrogens is 789 g/mol. The second-order valence-corrected chi connectivity index (χ2v) is 13.7. The number of carbonyl (C=O) groups excluding carboxylic acids is 7. The SMILES string of the molecule is CC(C)C(NC(=O)CCNC(=O)CNC(=O)C(I)CC(=O)O)C(=O)NCC(=O)Nc1ccc(COCC2CC(O)C(O)C3NC(=O)C(=O)N23)cc1. The van der Waals surface area contributed by atoms with Crippen molar-refractivity contribution in [3.05, 3.63) is 29.8 Å². The van der Waals surface area contributed by atoms with Crippen LogP contribution >= 0.6 is 22.6 Å². The molecule has 9 N–H and O–H groups in total. The fraction of sp³-hybridized carbons (Fsp3) is 0.548. The van der Waals surface area contributed by atoms with Gasteiger partial charge in [0.15, 0.2) is 0 Å². The van der Waals surface area contributed by atoms with E-state index in [1.165, 1.54) is 4.90 Å². The monoisotopic (exact) mass is 831 g/mol. The van der Waals surface area contributed by atoms with Gasteiger partial charge in [-0.2, -0.15) is 0 Å². The molecule has 2 saturated heterocycles. The molecule has 280 valence electrons. The van der Waals surface area contributed by atoms with Crippen LogP contribution in [0.3, 0.4) is 0 Å². The van der Waals surface area contributed by atoms with Crippen molar-refractivity contribution in [2.45, 2.75) is 74.1 Å². The highest BCUT2D eigenvalue weighted by molar-refractivity contribution is 14.1. The Morgan fingerprint density at radius 3 is 2.25 bits per heavy atom. The molecule has 0 spiro atoms. The molecule has 3 rings (SSSR count). The van der Waals surface area contributed by atoms with Gasteiger partial charge in [-0.05, 0) is 30.0 Å². The van der Waals surface area contributed by atoms with Crippen LogP contribution in [0.4, 0.5) is 5.69 Å². The molecule has 19 nitrogen and oxygen atoms in total. The summed E-state index contributed by atoms with van der Waals surface area (Å²) in [5.74, 6) is -5.99. The van der Waals surface area contributed by atoms with Gasteiger partial charge in [0.1, 0.15) is 22.2 Å². The summed E-state index contributed by atoms with van der Waals surface area (Å²) in [5.41, 5.74) is 1.16. The van der Waals surface area contributed by atoms with Gasteiger partial charge in [-0.3, -0.25) is 38.4 Å². The molecule has 0 radical (unpaired) electrons. The minimum absolute atomic E-state index is 0.00644. The van der Waals surface area contributed by atoms with Gasteiger partial charge in [-0.25, -0.2) is 0 Å². The maximum atomic E-state index is 12.8. The summed E-state index contributed by atoms with van der Waals surface area (Å²) in [5, 5.41) is 43.8. The largest absolute Gasteiger partial charge is 0.481 e. The maximum Gasteiger partial charge on any atom is 0.313 e. The van der Waals surface area contributed by atoms with E-state index in [9.17, 15) is 48.6 Å². The minimum atomic E-state index is -1.30. The Kier molecular flexibility index (Phi) is 15.5. The Morgan fingerprint density at radius 1 is 0.961 bits per heavy atom. The number of amides is 7. The average Bonchev–Trinajstić information content (AvgIpc) is 3.37. The zero-order valence-corrected chi connectivity index (χ0v) is 30.0. The molecule has 6 atom stereocenters. The van der Waals surface area contributed by atoms with Gasteiger partial charge in [-0.15, -0.1) is 0 Å². The van der Waals surface area contributed by atoms with Crippen LogP contribution in [0.25, 0.3) is 0 Å². The number of benzene rings is 1. The lowest BCUT2D eigenvalue weighted by molar-refractivity contribution is -0.151. The molecule has 0 bridgehead atoms. The molecular formula is C31H42IN7O12. The van der Waals surface area contributed by atoms with Crippen molar-refractivity contribution >= 4 is 75.6 Å². The number of aliphatic hydroxyl groups is 2. The lowest BCUT2D eigenvalue weighted by Gasteiger charge is -2.41. The molecule has 1 aromatic carbocycles. The molecule has 2 fully saturated rings. The lowest BCUT2D eigenvalue weighted by atomic mass is 9.95. The Morgan fingerprint density at radius 2 is 1.61 bits per heavy atom. The zero-order valence-electron chi connectivity index (χ0n) is 27.8. The number of ether oxygens (including phenoxy) is 1. The van der Waals surface area contributed by atoms with Gasteiger partial charge in [0, 0.05) is 18.7 Å². The van der Waals surface area contributed by atoms with Crippen LogP contribution in [0.2, 0.25) is 0 Å². The standard InChI is InChI=1S/C31H42IN7O12/c1-15(2)25(37-21(41)7-8-33-22(42)11-34-28(47)19(32)10-24(44)45)29(48)35-12-23(43)36-17-5-3-16(4-6-17)13-51-14-18-9-20(40)26(46)27-38-30(49)31(50)39(18)27/h3-6,15,18-20,25-27,40,46H,7-14H2,1-2H3,(H,33,42)(H,34,47)(H,35,48)(H,36,43)(H,37,41)(H,38,49)(H,44,45). The highest BCUT2D eigenvalue weighted by Gasteiger charge is 2.51. The molecule has 2 heterocycles. The van der Waals surface area contributed by atoms with Crippen molar-refractivity contribution < 1.29 is 58.4 Å². The van der Waals surface area contributed by atoms with Crippen LogP contribution in [-0.2, 0) is 49.7 Å². The van der Waals surface area contributed by atoms with E-state index < -0.39 is 94.7 Å². The number of halogens is 1. The lowest BCUT2D eigenvalue weighted by Crippen LogP contribution is -2.61. The summed E-state index contributed by atoms with van der Waals surface area (Å²) in [6.07, 6.45) is -3.99. The number of hydrogen-bond donors (Lipinski definition) is 9. The first-order valence-electron chi connectivity index (χ1n) is 16.0. The number of carboxylic acids is 1. The van der Waals surface area contributed by atoms with E-state index in [1.54, 1.807) is 60.7 Å². The van der Waals surface area contributed by atoms with Crippen molar-refractivity contribution in [3.63, 3.8) is 0 Å². The summed E-state index contributed by atoms with van der Waals surface area (Å²) in [4.78, 5) is 97.4. The van der Waals surface area contributed by atoms with E-state index in [-0.39, 0.29) is 45.1 Å². The predicted molar refractivity (Wildman–Crippen MR) is 184 cm³/mol. The molecule has 2 aliphatic rings. The third-order valence-corrected chi connectivity index (χ3v) is 8.88. The van der Waals surface area contributed by atoms with Crippen LogP contribution in [0.1, 0.15) is 38.7 Å². The normalized spacial score (nSPS) is 20.8. The third kappa shape index (κ3) is 12.4. The summed E-state index contributed by atoms with van der Waals surface area (Å²) < 4.78 is 4.87. The smallest absolute Gasteiger partial charge is 0.313 e. The van der Waals surface area contributed by atoms with Crippen molar-refractivity contribution in [1.82, 2.24) is 31.5 Å². The second kappa shape index (κ2) is 19.3. The summed E-state index contributed by atoms with van der Waals surface area (Å²) in [6, 6.07) is 5.02. The molecule has 51 heavy (non-hydrogen) atoms. The molecule has 0 saturated carbocycles. The Labute approximate surface area is 306 Å². The van der Waals surface area contributed by atoms with Crippen molar-refractivity contribution in [3.8, 4) is 0 Å². The Bertz CT molecular complexity index is 1480. The number of carbonyl (C=O) groups is 8. The van der Waals surface area contributed by atoms with Crippen LogP contribution in [0.5, 0.6) is 0 Å². The number of fused-ring (bicyclic) bond motifs is 1. The minimum Gasteiger partial charge on any atom is -0.481 e. The highest BCUT2D eigenvalue weighted by Crippen LogP contribution is 2.26. The van der Waals surface area contributed by atoms with E-state index in [0.717, 1.165) is 5.56 Å². The number of alkyl halides is 1. The van der Waals surface area contributed by atoms with Gasteiger partial charge < -0.3 is 56.9 Å². The second-order valence-electron chi connectivity index (χ2n) is 12.2. The fourth-order valence-corrected chi connectivity index (χ4v) is 5.80. The van der Waals surface area contributed by atoms with Gasteiger partial charge in [0.05, 0.1) is 44.9 Å². The number of aliphatic hydroxyl groups excluding tert-OH is 2. The summed E-state index contributed by atoms with van der Waals surface area (Å²) in [7, 11) is 0. The van der Waals surface area contributed by atoms with E-state index in [4.69, 9.17) is 9.84 Å². The predicted octanol–water partition coefficient (Wildman–Crippen LogP) is -2.92. The first kappa shape index (κ1) is 41.0. The molecule has 7 amide bonds. The van der Waals surface area contributed by atoms with E-state index in [2.05, 4.69) is 31.9 Å². The summed E-state index contributed by atoms with van der Waals surface area (Å²) in [6.45, 7) is 2.67. The number of carboxylic acid groups (broad SMARTS) is 1. The number of aliphatic carboxylic acids is 1. The first-order valence-corrected chi connectivity index (χ1v) is 17.2. The van der Waals surface area contributed by atoms with E-state index >= 15 is 0 Å². The zero-order chi connectivity index (χ0) is 37.8. The molecule has 20 heteroatoms. The quantitative estimate of drug-likeness (QED) is 0.0409. The maximum absolute atomic E-state index is 12.8. The number of nitrogens with one attached hydrogen (secondary N) is 6. The topological polar surface area (TPSA) is 282 Å². The first-order chi connectivity index (χ1) is 24.1. The average molecular weight is 832 g/mol. The van der Waals surface area contributed by atoms with Crippen LogP contribution < -0.4 is 31.9 Å². The molecule has 0 aliphatic carbocycles. The molecule has 6 unspecified atom stereocenters. The van der Waals surface area contributed by atoms with Crippen molar-refractivity contribution in [1.29, 1.82) is 0 Å². The van der Waals surface area contributed by atoms with Crippen molar-refractivity contribution in [2.24, 2.45) is 5.92 Å². The number of anilines is 1. The highest BCUT2D eigenvalue weighted by atomic mass is 127. The van der Waals surface area contributed by atoms with Gasteiger partial charge in [0.25, 0.3) is 0 Å². The molecule has 0 aromatic heterocycles. The number of rotatable bonds is 18. The van der Waals surface area contributed by atoms with Crippen LogP contribution in [-0.4, -0.2) is 128 Å². The Balaban J connectivity index is 1.36. The van der Waals surface area contributed by atoms with E-state index in [0.29, 0.717) is 5.69 Å². The molecule has 2 aliphatic heterocycles. The number of hydrogen-bond acceptors (Lipinski definition) is 11. The number of nitrogens with zero attached hydrogens (tertiary/aromatic N) is 1. The fourth-order valence-electron chi connectivity index (χ4n) is 5.20. The number of piperidine rings is 1. The summed E-state index contributed by atoms with van der Waals surface area (Å²) >= 11 is 1.66. The van der Waals surface area contributed by atoms with E-state index in [1.807, 2.05) is 0 Å². The van der Waals surface area contributed by atoms with Gasteiger partial charge >= 0.3 is 17.8 Å². The Hall–Kier alpha value is -4.41.